The normalized spacial score (nSPS) is 12.0. The molecule has 0 fully saturated rings. The Hall–Kier alpha value is -2.23. The highest BCUT2D eigenvalue weighted by Crippen LogP contribution is 2.17. The van der Waals surface area contributed by atoms with E-state index < -0.39 is 0 Å². The van der Waals surface area contributed by atoms with Crippen molar-refractivity contribution in [3.05, 3.63) is 53.5 Å². The number of furan rings is 1. The number of carbonyl (C=O) groups excluding carboxylic acids is 1. The summed E-state index contributed by atoms with van der Waals surface area (Å²) in [4.78, 5) is 14.2. The quantitative estimate of drug-likeness (QED) is 0.930. The van der Waals surface area contributed by atoms with E-state index in [4.69, 9.17) is 4.42 Å². The van der Waals surface area contributed by atoms with Crippen LogP contribution in [0.4, 0.5) is 5.69 Å². The van der Waals surface area contributed by atoms with Crippen molar-refractivity contribution >= 4 is 11.6 Å². The second kappa shape index (κ2) is 5.82. The van der Waals surface area contributed by atoms with Crippen molar-refractivity contribution in [1.29, 1.82) is 0 Å². The Bertz CT molecular complexity index is 602. The van der Waals surface area contributed by atoms with Gasteiger partial charge in [-0.3, -0.25) is 4.79 Å². The van der Waals surface area contributed by atoms with E-state index in [0.717, 1.165) is 17.2 Å². The van der Waals surface area contributed by atoms with Crippen molar-refractivity contribution < 1.29 is 9.21 Å². The smallest absolute Gasteiger partial charge is 0.251 e. The molecule has 1 unspecified atom stereocenters. The van der Waals surface area contributed by atoms with E-state index in [1.54, 1.807) is 0 Å². The third-order valence-corrected chi connectivity index (χ3v) is 3.16. The van der Waals surface area contributed by atoms with E-state index in [1.165, 1.54) is 0 Å². The molecule has 0 radical (unpaired) electrons. The predicted molar refractivity (Wildman–Crippen MR) is 80.1 cm³/mol. The van der Waals surface area contributed by atoms with E-state index in [9.17, 15) is 4.79 Å². The molecule has 2 aromatic rings. The van der Waals surface area contributed by atoms with Crippen molar-refractivity contribution in [2.45, 2.75) is 19.9 Å². The third-order valence-electron chi connectivity index (χ3n) is 3.16. The summed E-state index contributed by atoms with van der Waals surface area (Å²) in [7, 11) is 3.90. The van der Waals surface area contributed by atoms with Gasteiger partial charge in [0, 0.05) is 25.3 Å². The summed E-state index contributed by atoms with van der Waals surface area (Å²) in [5.41, 5.74) is 1.64. The fourth-order valence-corrected chi connectivity index (χ4v) is 1.96. The molecule has 4 heteroatoms. The number of hydrogen-bond acceptors (Lipinski definition) is 3. The first-order valence-corrected chi connectivity index (χ1v) is 6.62. The first kappa shape index (κ1) is 14.2. The van der Waals surface area contributed by atoms with Crippen LogP contribution in [-0.2, 0) is 0 Å². The monoisotopic (exact) mass is 272 g/mol. The number of anilines is 1. The lowest BCUT2D eigenvalue weighted by Gasteiger charge is -2.15. The summed E-state index contributed by atoms with van der Waals surface area (Å²) in [6.07, 6.45) is 0. The van der Waals surface area contributed by atoms with Gasteiger partial charge in [-0.05, 0) is 44.2 Å². The number of carbonyl (C=O) groups is 1. The van der Waals surface area contributed by atoms with E-state index in [-0.39, 0.29) is 11.9 Å². The molecule has 2 rings (SSSR count). The van der Waals surface area contributed by atoms with Crippen LogP contribution in [0.3, 0.4) is 0 Å². The zero-order chi connectivity index (χ0) is 14.7. The molecule has 20 heavy (non-hydrogen) atoms. The zero-order valence-corrected chi connectivity index (χ0v) is 12.3. The van der Waals surface area contributed by atoms with Gasteiger partial charge in [-0.2, -0.15) is 0 Å². The summed E-state index contributed by atoms with van der Waals surface area (Å²) in [6.45, 7) is 3.80. The van der Waals surface area contributed by atoms with Crippen LogP contribution in [0.15, 0.2) is 40.8 Å². The molecule has 0 saturated heterocycles. The third kappa shape index (κ3) is 3.20. The Balaban J connectivity index is 2.10. The first-order chi connectivity index (χ1) is 9.47. The molecule has 0 spiro atoms. The van der Waals surface area contributed by atoms with Crippen molar-refractivity contribution in [2.24, 2.45) is 0 Å². The first-order valence-electron chi connectivity index (χ1n) is 6.62. The maximum atomic E-state index is 12.2. The van der Waals surface area contributed by atoms with E-state index in [1.807, 2.05) is 69.2 Å². The summed E-state index contributed by atoms with van der Waals surface area (Å²) >= 11 is 0. The highest BCUT2D eigenvalue weighted by Gasteiger charge is 2.14. The molecule has 1 heterocycles. The van der Waals surface area contributed by atoms with Gasteiger partial charge in [-0.15, -0.1) is 0 Å². The maximum Gasteiger partial charge on any atom is 0.251 e. The van der Waals surface area contributed by atoms with Gasteiger partial charge < -0.3 is 14.6 Å². The maximum absolute atomic E-state index is 12.2. The molecule has 0 bridgehead atoms. The van der Waals surface area contributed by atoms with Gasteiger partial charge in [0.2, 0.25) is 0 Å². The number of amides is 1. The fraction of sp³-hybridized carbons (Fsp3) is 0.312. The van der Waals surface area contributed by atoms with Crippen molar-refractivity contribution in [3.63, 3.8) is 0 Å². The Morgan fingerprint density at radius 3 is 2.60 bits per heavy atom. The van der Waals surface area contributed by atoms with Crippen LogP contribution in [0.1, 0.15) is 34.8 Å². The molecule has 0 aliphatic rings. The zero-order valence-electron chi connectivity index (χ0n) is 12.3. The number of hydrogen-bond donors (Lipinski definition) is 1. The number of nitrogens with one attached hydrogen (secondary N) is 1. The van der Waals surface area contributed by atoms with Crippen molar-refractivity contribution in [3.8, 4) is 0 Å². The number of benzene rings is 1. The molecule has 4 nitrogen and oxygen atoms in total. The van der Waals surface area contributed by atoms with Crippen molar-refractivity contribution in [2.75, 3.05) is 19.0 Å². The Morgan fingerprint density at radius 1 is 1.25 bits per heavy atom. The molecular weight excluding hydrogens is 252 g/mol. The van der Waals surface area contributed by atoms with Gasteiger partial charge in [-0.1, -0.05) is 6.07 Å². The van der Waals surface area contributed by atoms with Crippen LogP contribution < -0.4 is 10.2 Å². The van der Waals surface area contributed by atoms with Gasteiger partial charge in [-0.25, -0.2) is 0 Å². The lowest BCUT2D eigenvalue weighted by molar-refractivity contribution is 0.0935. The predicted octanol–water partition coefficient (Wildman–Crippen LogP) is 3.15. The van der Waals surface area contributed by atoms with Crippen molar-refractivity contribution in [1.82, 2.24) is 5.32 Å². The second-order valence-corrected chi connectivity index (χ2v) is 5.09. The molecule has 1 amide bonds. The summed E-state index contributed by atoms with van der Waals surface area (Å²) < 4.78 is 5.52. The topological polar surface area (TPSA) is 45.5 Å². The Morgan fingerprint density at radius 2 is 2.00 bits per heavy atom. The molecule has 1 N–H and O–H groups in total. The fourth-order valence-electron chi connectivity index (χ4n) is 1.96. The van der Waals surface area contributed by atoms with Gasteiger partial charge >= 0.3 is 0 Å². The Labute approximate surface area is 119 Å². The highest BCUT2D eigenvalue weighted by atomic mass is 16.3. The molecule has 1 aromatic carbocycles. The lowest BCUT2D eigenvalue weighted by atomic mass is 10.1. The lowest BCUT2D eigenvalue weighted by Crippen LogP contribution is -2.26. The van der Waals surface area contributed by atoms with Crippen LogP contribution in [-0.4, -0.2) is 20.0 Å². The molecule has 106 valence electrons. The molecule has 0 aliphatic carbocycles. The van der Waals surface area contributed by atoms with Crippen LogP contribution >= 0.6 is 0 Å². The average Bonchev–Trinajstić information content (AvgIpc) is 2.85. The standard InChI is InChI=1S/C16H20N2O2/c1-11-8-9-15(20-11)12(2)17-16(19)13-6-5-7-14(10-13)18(3)4/h5-10,12H,1-4H3,(H,17,19). The van der Waals surface area contributed by atoms with Crippen LogP contribution in [0.2, 0.25) is 0 Å². The summed E-state index contributed by atoms with van der Waals surface area (Å²) in [5, 5.41) is 2.94. The minimum Gasteiger partial charge on any atom is -0.464 e. The van der Waals surface area contributed by atoms with Gasteiger partial charge in [0.1, 0.15) is 11.5 Å². The van der Waals surface area contributed by atoms with Gasteiger partial charge in [0.15, 0.2) is 0 Å². The number of aryl methyl sites for hydroxylation is 1. The second-order valence-electron chi connectivity index (χ2n) is 5.09. The van der Waals surface area contributed by atoms with Gasteiger partial charge in [0.25, 0.3) is 5.91 Å². The number of rotatable bonds is 4. The Kier molecular flexibility index (Phi) is 4.13. The molecule has 0 aliphatic heterocycles. The SMILES string of the molecule is Cc1ccc(C(C)NC(=O)c2cccc(N(C)C)c2)o1. The minimum atomic E-state index is -0.154. The van der Waals surface area contributed by atoms with E-state index >= 15 is 0 Å². The summed E-state index contributed by atoms with van der Waals surface area (Å²) in [5.74, 6) is 1.51. The largest absolute Gasteiger partial charge is 0.464 e. The van der Waals surface area contributed by atoms with Crippen LogP contribution in [0.5, 0.6) is 0 Å². The summed E-state index contributed by atoms with van der Waals surface area (Å²) in [6, 6.07) is 11.2. The molecule has 0 saturated carbocycles. The average molecular weight is 272 g/mol. The van der Waals surface area contributed by atoms with E-state index in [0.29, 0.717) is 5.56 Å². The van der Waals surface area contributed by atoms with Crippen LogP contribution in [0.25, 0.3) is 0 Å². The highest BCUT2D eigenvalue weighted by molar-refractivity contribution is 5.95. The molecular formula is C16H20N2O2. The molecule has 1 atom stereocenters. The molecule has 1 aromatic heterocycles. The minimum absolute atomic E-state index is 0.102. The van der Waals surface area contributed by atoms with E-state index in [2.05, 4.69) is 5.32 Å². The van der Waals surface area contributed by atoms with Gasteiger partial charge in [0.05, 0.1) is 6.04 Å². The number of nitrogens with zero attached hydrogens (tertiary/aromatic N) is 1. The van der Waals surface area contributed by atoms with Crippen LogP contribution in [0, 0.1) is 6.92 Å².